The highest BCUT2D eigenvalue weighted by atomic mass is 32.1. The first-order valence-electron chi connectivity index (χ1n) is 7.35. The molecule has 0 saturated heterocycles. The van der Waals surface area contributed by atoms with Crippen molar-refractivity contribution < 1.29 is 0 Å². The number of hydrogen-bond acceptors (Lipinski definition) is 3. The SMILES string of the molecule is CCc1ccc(CN(CCCN)Cc2ccccc2)s1. The fourth-order valence-electron chi connectivity index (χ4n) is 2.29. The van der Waals surface area contributed by atoms with E-state index in [0.717, 1.165) is 39.0 Å². The third-order valence-electron chi connectivity index (χ3n) is 3.37. The predicted molar refractivity (Wildman–Crippen MR) is 87.9 cm³/mol. The topological polar surface area (TPSA) is 29.3 Å². The van der Waals surface area contributed by atoms with Crippen molar-refractivity contribution in [1.82, 2.24) is 4.90 Å². The van der Waals surface area contributed by atoms with Crippen LogP contribution in [0.4, 0.5) is 0 Å². The predicted octanol–water partition coefficient (Wildman–Crippen LogP) is 3.66. The Bertz CT molecular complexity index is 493. The normalized spacial score (nSPS) is 11.2. The van der Waals surface area contributed by atoms with Crippen LogP contribution in [0.15, 0.2) is 42.5 Å². The molecule has 0 unspecified atom stereocenters. The van der Waals surface area contributed by atoms with E-state index in [0.29, 0.717) is 0 Å². The van der Waals surface area contributed by atoms with Crippen LogP contribution in [0.25, 0.3) is 0 Å². The van der Waals surface area contributed by atoms with Crippen molar-refractivity contribution in [1.29, 1.82) is 0 Å². The molecule has 0 radical (unpaired) electrons. The van der Waals surface area contributed by atoms with E-state index in [-0.39, 0.29) is 0 Å². The zero-order valence-electron chi connectivity index (χ0n) is 12.2. The zero-order chi connectivity index (χ0) is 14.2. The van der Waals surface area contributed by atoms with Crippen molar-refractivity contribution >= 4 is 11.3 Å². The first kappa shape index (κ1) is 15.2. The number of thiophene rings is 1. The fourth-order valence-corrected chi connectivity index (χ4v) is 3.29. The molecule has 0 bridgehead atoms. The van der Waals surface area contributed by atoms with Gasteiger partial charge in [-0.3, -0.25) is 4.90 Å². The molecule has 2 nitrogen and oxygen atoms in total. The van der Waals surface area contributed by atoms with E-state index in [1.165, 1.54) is 15.3 Å². The van der Waals surface area contributed by atoms with Crippen LogP contribution in [0.5, 0.6) is 0 Å². The lowest BCUT2D eigenvalue weighted by atomic mass is 10.2. The maximum Gasteiger partial charge on any atom is 0.0331 e. The summed E-state index contributed by atoms with van der Waals surface area (Å²) in [6, 6.07) is 15.2. The van der Waals surface area contributed by atoms with Crippen molar-refractivity contribution in [2.75, 3.05) is 13.1 Å². The van der Waals surface area contributed by atoms with Gasteiger partial charge in [0, 0.05) is 29.4 Å². The van der Waals surface area contributed by atoms with Gasteiger partial charge >= 0.3 is 0 Å². The first-order valence-corrected chi connectivity index (χ1v) is 8.17. The highest BCUT2D eigenvalue weighted by Gasteiger charge is 2.08. The summed E-state index contributed by atoms with van der Waals surface area (Å²) in [7, 11) is 0. The molecule has 1 aromatic carbocycles. The lowest BCUT2D eigenvalue weighted by Crippen LogP contribution is -2.25. The van der Waals surface area contributed by atoms with Gasteiger partial charge < -0.3 is 5.73 Å². The average Bonchev–Trinajstić information content (AvgIpc) is 2.93. The average molecular weight is 288 g/mol. The van der Waals surface area contributed by atoms with Crippen LogP contribution < -0.4 is 5.73 Å². The van der Waals surface area contributed by atoms with E-state index in [4.69, 9.17) is 5.73 Å². The van der Waals surface area contributed by atoms with Gasteiger partial charge in [-0.1, -0.05) is 37.3 Å². The molecule has 0 atom stereocenters. The Kier molecular flexibility index (Phi) is 6.25. The Morgan fingerprint density at radius 1 is 1.00 bits per heavy atom. The molecular weight excluding hydrogens is 264 g/mol. The van der Waals surface area contributed by atoms with Crippen molar-refractivity contribution in [2.45, 2.75) is 32.9 Å². The van der Waals surface area contributed by atoms with Crippen LogP contribution in [0, 0.1) is 0 Å². The Balaban J connectivity index is 1.99. The second kappa shape index (κ2) is 8.20. The Morgan fingerprint density at radius 2 is 1.75 bits per heavy atom. The Labute approximate surface area is 126 Å². The molecule has 1 aromatic heterocycles. The quantitative estimate of drug-likeness (QED) is 0.803. The maximum absolute atomic E-state index is 5.67. The number of benzene rings is 1. The molecule has 1 heterocycles. The highest BCUT2D eigenvalue weighted by Crippen LogP contribution is 2.20. The van der Waals surface area contributed by atoms with E-state index in [1.54, 1.807) is 0 Å². The van der Waals surface area contributed by atoms with Crippen molar-refractivity contribution in [3.63, 3.8) is 0 Å². The molecule has 0 fully saturated rings. The minimum Gasteiger partial charge on any atom is -0.330 e. The highest BCUT2D eigenvalue weighted by molar-refractivity contribution is 7.11. The summed E-state index contributed by atoms with van der Waals surface area (Å²) in [5.74, 6) is 0. The van der Waals surface area contributed by atoms with Crippen LogP contribution in [0.2, 0.25) is 0 Å². The van der Waals surface area contributed by atoms with Gasteiger partial charge in [0.25, 0.3) is 0 Å². The van der Waals surface area contributed by atoms with Crippen LogP contribution in [-0.2, 0) is 19.5 Å². The fraction of sp³-hybridized carbons (Fsp3) is 0.412. The summed E-state index contributed by atoms with van der Waals surface area (Å²) < 4.78 is 0. The van der Waals surface area contributed by atoms with E-state index >= 15 is 0 Å². The van der Waals surface area contributed by atoms with Gasteiger partial charge in [0.2, 0.25) is 0 Å². The Hall–Kier alpha value is -1.16. The molecule has 0 aliphatic carbocycles. The molecule has 2 rings (SSSR count). The molecule has 0 spiro atoms. The van der Waals surface area contributed by atoms with E-state index in [1.807, 2.05) is 11.3 Å². The van der Waals surface area contributed by atoms with Gasteiger partial charge in [0.15, 0.2) is 0 Å². The van der Waals surface area contributed by atoms with Gasteiger partial charge in [0.05, 0.1) is 0 Å². The summed E-state index contributed by atoms with van der Waals surface area (Å²) in [6.07, 6.45) is 2.19. The van der Waals surface area contributed by atoms with Gasteiger partial charge in [-0.15, -0.1) is 11.3 Å². The molecular formula is C17H24N2S. The van der Waals surface area contributed by atoms with Gasteiger partial charge in [0.1, 0.15) is 0 Å². The number of nitrogens with zero attached hydrogens (tertiary/aromatic N) is 1. The Morgan fingerprint density at radius 3 is 2.40 bits per heavy atom. The molecule has 0 saturated carbocycles. The number of hydrogen-bond donors (Lipinski definition) is 1. The monoisotopic (exact) mass is 288 g/mol. The number of aryl methyl sites for hydroxylation is 1. The van der Waals surface area contributed by atoms with Crippen molar-refractivity contribution in [3.8, 4) is 0 Å². The lowest BCUT2D eigenvalue weighted by Gasteiger charge is -2.21. The van der Waals surface area contributed by atoms with E-state index < -0.39 is 0 Å². The first-order chi connectivity index (χ1) is 9.81. The lowest BCUT2D eigenvalue weighted by molar-refractivity contribution is 0.257. The molecule has 3 heteroatoms. The summed E-state index contributed by atoms with van der Waals surface area (Å²) >= 11 is 1.93. The molecule has 0 aliphatic heterocycles. The van der Waals surface area contributed by atoms with Gasteiger partial charge in [-0.25, -0.2) is 0 Å². The minimum atomic E-state index is 0.760. The van der Waals surface area contributed by atoms with Crippen LogP contribution in [-0.4, -0.2) is 18.0 Å². The van der Waals surface area contributed by atoms with E-state index in [2.05, 4.69) is 54.3 Å². The second-order valence-electron chi connectivity index (χ2n) is 5.06. The number of nitrogens with two attached hydrogens (primary N) is 1. The zero-order valence-corrected chi connectivity index (χ0v) is 13.0. The largest absolute Gasteiger partial charge is 0.330 e. The van der Waals surface area contributed by atoms with Crippen LogP contribution in [0.3, 0.4) is 0 Å². The molecule has 2 aromatic rings. The summed E-state index contributed by atoms with van der Waals surface area (Å²) in [5, 5.41) is 0. The maximum atomic E-state index is 5.67. The van der Waals surface area contributed by atoms with Gasteiger partial charge in [-0.05, 0) is 37.1 Å². The summed E-state index contributed by atoms with van der Waals surface area (Å²) in [4.78, 5) is 5.42. The van der Waals surface area contributed by atoms with Crippen molar-refractivity contribution in [2.24, 2.45) is 5.73 Å². The van der Waals surface area contributed by atoms with Crippen LogP contribution >= 0.6 is 11.3 Å². The number of rotatable bonds is 8. The molecule has 108 valence electrons. The van der Waals surface area contributed by atoms with Gasteiger partial charge in [-0.2, -0.15) is 0 Å². The smallest absolute Gasteiger partial charge is 0.0331 e. The summed E-state index contributed by atoms with van der Waals surface area (Å²) in [6.45, 7) is 6.06. The molecule has 2 N–H and O–H groups in total. The minimum absolute atomic E-state index is 0.760. The standard InChI is InChI=1S/C17H24N2S/c1-2-16-9-10-17(20-16)14-19(12-6-11-18)13-15-7-4-3-5-8-15/h3-5,7-10H,2,6,11-14,18H2,1H3. The third-order valence-corrected chi connectivity index (χ3v) is 4.59. The molecule has 0 aliphatic rings. The van der Waals surface area contributed by atoms with Crippen LogP contribution in [0.1, 0.15) is 28.7 Å². The summed E-state index contributed by atoms with van der Waals surface area (Å²) in [5.41, 5.74) is 7.04. The molecule has 20 heavy (non-hydrogen) atoms. The second-order valence-corrected chi connectivity index (χ2v) is 6.31. The molecule has 0 amide bonds. The van der Waals surface area contributed by atoms with E-state index in [9.17, 15) is 0 Å². The third kappa shape index (κ3) is 4.75. The van der Waals surface area contributed by atoms with Crippen molar-refractivity contribution in [3.05, 3.63) is 57.8 Å².